The number of piperazine rings is 1. The predicted octanol–water partition coefficient (Wildman–Crippen LogP) is 2.64. The van der Waals surface area contributed by atoms with Crippen molar-refractivity contribution in [3.05, 3.63) is 58.1 Å². The average Bonchev–Trinajstić information content (AvgIpc) is 2.75. The highest BCUT2D eigenvalue weighted by Crippen LogP contribution is 2.29. The molecule has 1 aliphatic heterocycles. The van der Waals surface area contributed by atoms with Crippen LogP contribution in [-0.2, 0) is 6.54 Å². The van der Waals surface area contributed by atoms with E-state index >= 15 is 0 Å². The van der Waals surface area contributed by atoms with E-state index in [2.05, 4.69) is 15.1 Å². The molecule has 0 aliphatic carbocycles. The van der Waals surface area contributed by atoms with E-state index in [4.69, 9.17) is 9.47 Å². The molecule has 154 valence electrons. The van der Waals surface area contributed by atoms with Crippen molar-refractivity contribution in [3.63, 3.8) is 0 Å². The minimum absolute atomic E-state index is 0.102. The normalized spacial score (nSPS) is 14.3. The second kappa shape index (κ2) is 9.24. The van der Waals surface area contributed by atoms with Crippen LogP contribution in [0.25, 0.3) is 0 Å². The Balaban J connectivity index is 1.57. The van der Waals surface area contributed by atoms with Gasteiger partial charge in [-0.25, -0.2) is 4.79 Å². The van der Waals surface area contributed by atoms with Crippen LogP contribution in [0.4, 0.5) is 16.2 Å². The lowest BCUT2D eigenvalue weighted by Gasteiger charge is -2.36. The molecular formula is C20H24N4O5. The summed E-state index contributed by atoms with van der Waals surface area (Å²) >= 11 is 0. The summed E-state index contributed by atoms with van der Waals surface area (Å²) in [5.41, 5.74) is 2.16. The van der Waals surface area contributed by atoms with Crippen molar-refractivity contribution < 1.29 is 19.2 Å². The fraction of sp³-hybridized carbons (Fsp3) is 0.350. The number of carbonyl (C=O) groups excluding carboxylic acids is 1. The van der Waals surface area contributed by atoms with Gasteiger partial charge in [-0.2, -0.15) is 0 Å². The number of amides is 1. The first-order valence-electron chi connectivity index (χ1n) is 9.28. The molecule has 2 aromatic rings. The maximum atomic E-state index is 11.4. The van der Waals surface area contributed by atoms with Crippen molar-refractivity contribution in [1.29, 1.82) is 0 Å². The van der Waals surface area contributed by atoms with Gasteiger partial charge >= 0.3 is 6.09 Å². The summed E-state index contributed by atoms with van der Waals surface area (Å²) in [6.45, 7) is 4.18. The van der Waals surface area contributed by atoms with Gasteiger partial charge in [-0.3, -0.25) is 15.0 Å². The highest BCUT2D eigenvalue weighted by molar-refractivity contribution is 5.71. The molecule has 0 spiro atoms. The van der Waals surface area contributed by atoms with Gasteiger partial charge in [0.1, 0.15) is 0 Å². The van der Waals surface area contributed by atoms with E-state index in [0.29, 0.717) is 11.5 Å². The molecule has 0 radical (unpaired) electrons. The first kappa shape index (κ1) is 20.4. The molecule has 3 rings (SSSR count). The number of hydrogen-bond donors (Lipinski definition) is 1. The molecule has 1 aliphatic rings. The minimum Gasteiger partial charge on any atom is -0.493 e. The van der Waals surface area contributed by atoms with E-state index in [-0.39, 0.29) is 10.6 Å². The Bertz CT molecular complexity index is 864. The summed E-state index contributed by atoms with van der Waals surface area (Å²) in [4.78, 5) is 26.4. The second-order valence-electron chi connectivity index (χ2n) is 6.66. The zero-order valence-corrected chi connectivity index (χ0v) is 16.5. The quantitative estimate of drug-likeness (QED) is 0.588. The van der Waals surface area contributed by atoms with Gasteiger partial charge in [-0.05, 0) is 29.8 Å². The second-order valence-corrected chi connectivity index (χ2v) is 6.66. The molecule has 29 heavy (non-hydrogen) atoms. The van der Waals surface area contributed by atoms with Crippen LogP contribution in [-0.4, -0.2) is 56.3 Å². The van der Waals surface area contributed by atoms with Gasteiger partial charge in [-0.15, -0.1) is 0 Å². The highest BCUT2D eigenvalue weighted by Gasteiger charge is 2.19. The molecule has 1 amide bonds. The predicted molar refractivity (Wildman–Crippen MR) is 109 cm³/mol. The van der Waals surface area contributed by atoms with Crippen molar-refractivity contribution >= 4 is 17.5 Å². The average molecular weight is 400 g/mol. The third kappa shape index (κ3) is 5.14. The first-order chi connectivity index (χ1) is 14.0. The molecule has 0 bridgehead atoms. The lowest BCUT2D eigenvalue weighted by atomic mass is 10.1. The molecule has 1 fully saturated rings. The summed E-state index contributed by atoms with van der Waals surface area (Å²) in [5.74, 6) is 0.884. The standard InChI is InChI=1S/C20H24N4O5/c1-21-20(25)29-18-8-3-15(13-19(18)28-2)14-22-9-11-23(12-10-22)16-4-6-17(7-5-16)24(26)27/h3-8,13H,9-12,14H2,1-2H3,(H,21,25). The zero-order valence-electron chi connectivity index (χ0n) is 16.5. The van der Waals surface area contributed by atoms with Crippen LogP contribution >= 0.6 is 0 Å². The van der Waals surface area contributed by atoms with Crippen LogP contribution in [0.15, 0.2) is 42.5 Å². The van der Waals surface area contributed by atoms with Gasteiger partial charge in [0, 0.05) is 57.6 Å². The number of nitrogens with one attached hydrogen (secondary N) is 1. The van der Waals surface area contributed by atoms with Crippen LogP contribution < -0.4 is 19.7 Å². The largest absolute Gasteiger partial charge is 0.493 e. The number of methoxy groups -OCH3 is 1. The topological polar surface area (TPSA) is 97.2 Å². The Hall–Kier alpha value is -3.33. The maximum absolute atomic E-state index is 11.4. The smallest absolute Gasteiger partial charge is 0.412 e. The lowest BCUT2D eigenvalue weighted by Crippen LogP contribution is -2.45. The van der Waals surface area contributed by atoms with Crippen molar-refractivity contribution in [1.82, 2.24) is 10.2 Å². The summed E-state index contributed by atoms with van der Waals surface area (Å²) in [6, 6.07) is 12.2. The lowest BCUT2D eigenvalue weighted by molar-refractivity contribution is -0.384. The summed E-state index contributed by atoms with van der Waals surface area (Å²) in [7, 11) is 3.04. The molecule has 0 unspecified atom stereocenters. The number of anilines is 1. The Morgan fingerprint density at radius 1 is 1.10 bits per heavy atom. The number of nitrogens with zero attached hydrogens (tertiary/aromatic N) is 3. The van der Waals surface area contributed by atoms with Crippen molar-refractivity contribution in [2.24, 2.45) is 0 Å². The van der Waals surface area contributed by atoms with E-state index < -0.39 is 6.09 Å². The maximum Gasteiger partial charge on any atom is 0.412 e. The molecule has 0 aromatic heterocycles. The number of carbonyl (C=O) groups is 1. The third-order valence-corrected chi connectivity index (χ3v) is 4.84. The molecule has 9 nitrogen and oxygen atoms in total. The molecule has 1 saturated heterocycles. The minimum atomic E-state index is -0.543. The van der Waals surface area contributed by atoms with Gasteiger partial charge in [0.2, 0.25) is 0 Å². The molecule has 1 N–H and O–H groups in total. The summed E-state index contributed by atoms with van der Waals surface area (Å²) < 4.78 is 10.5. The highest BCUT2D eigenvalue weighted by atomic mass is 16.6. The van der Waals surface area contributed by atoms with Crippen LogP contribution in [0.1, 0.15) is 5.56 Å². The molecule has 1 heterocycles. The number of ether oxygens (including phenoxy) is 2. The van der Waals surface area contributed by atoms with E-state index in [0.717, 1.165) is 44.0 Å². The number of hydrogen-bond acceptors (Lipinski definition) is 7. The summed E-state index contributed by atoms with van der Waals surface area (Å²) in [5, 5.41) is 13.2. The van der Waals surface area contributed by atoms with Crippen LogP contribution in [0.3, 0.4) is 0 Å². The zero-order chi connectivity index (χ0) is 20.8. The Morgan fingerprint density at radius 3 is 2.38 bits per heavy atom. The number of rotatable bonds is 6. The van der Waals surface area contributed by atoms with Gasteiger partial charge < -0.3 is 19.7 Å². The van der Waals surface area contributed by atoms with E-state index in [1.54, 1.807) is 25.3 Å². The Morgan fingerprint density at radius 2 is 1.79 bits per heavy atom. The van der Waals surface area contributed by atoms with Gasteiger partial charge in [-0.1, -0.05) is 6.07 Å². The SMILES string of the molecule is CNC(=O)Oc1ccc(CN2CCN(c3ccc([N+](=O)[O-])cc3)CC2)cc1OC. The Labute approximate surface area is 169 Å². The Kier molecular flexibility index (Phi) is 6.50. The van der Waals surface area contributed by atoms with Gasteiger partial charge in [0.25, 0.3) is 5.69 Å². The van der Waals surface area contributed by atoms with Crippen LogP contribution in [0.2, 0.25) is 0 Å². The molecule has 9 heteroatoms. The first-order valence-corrected chi connectivity index (χ1v) is 9.28. The molecular weight excluding hydrogens is 376 g/mol. The number of non-ortho nitro benzene ring substituents is 1. The molecule has 2 aromatic carbocycles. The van der Waals surface area contributed by atoms with Crippen LogP contribution in [0.5, 0.6) is 11.5 Å². The van der Waals surface area contributed by atoms with E-state index in [1.807, 2.05) is 12.1 Å². The van der Waals surface area contributed by atoms with Gasteiger partial charge in [0.15, 0.2) is 11.5 Å². The monoisotopic (exact) mass is 400 g/mol. The van der Waals surface area contributed by atoms with E-state index in [1.165, 1.54) is 19.2 Å². The number of benzene rings is 2. The number of nitro benzene ring substituents is 1. The third-order valence-electron chi connectivity index (χ3n) is 4.84. The number of nitro groups is 1. The van der Waals surface area contributed by atoms with Gasteiger partial charge in [0.05, 0.1) is 12.0 Å². The van der Waals surface area contributed by atoms with Crippen molar-refractivity contribution in [2.75, 3.05) is 45.2 Å². The fourth-order valence-electron chi connectivity index (χ4n) is 3.25. The van der Waals surface area contributed by atoms with Crippen molar-refractivity contribution in [3.8, 4) is 11.5 Å². The summed E-state index contributed by atoms with van der Waals surface area (Å²) in [6.07, 6.45) is -0.543. The molecule has 0 atom stereocenters. The van der Waals surface area contributed by atoms with Crippen molar-refractivity contribution in [2.45, 2.75) is 6.54 Å². The van der Waals surface area contributed by atoms with Crippen LogP contribution in [0, 0.1) is 10.1 Å². The fourth-order valence-corrected chi connectivity index (χ4v) is 3.25. The van der Waals surface area contributed by atoms with E-state index in [9.17, 15) is 14.9 Å². The molecule has 0 saturated carbocycles.